The van der Waals surface area contributed by atoms with E-state index in [-0.39, 0.29) is 29.5 Å². The van der Waals surface area contributed by atoms with E-state index in [4.69, 9.17) is 14.2 Å². The molecule has 0 spiro atoms. The summed E-state index contributed by atoms with van der Waals surface area (Å²) in [6.45, 7) is 0.0850. The van der Waals surface area contributed by atoms with Gasteiger partial charge in [-0.2, -0.15) is 5.26 Å². The van der Waals surface area contributed by atoms with E-state index in [2.05, 4.69) is 21.2 Å². The Kier molecular flexibility index (Phi) is 5.47. The van der Waals surface area contributed by atoms with Crippen molar-refractivity contribution < 1.29 is 23.9 Å². The molecule has 142 valence electrons. The number of ether oxygens (including phenoxy) is 3. The second-order valence-electron chi connectivity index (χ2n) is 5.49. The third kappa shape index (κ3) is 3.89. The molecule has 9 nitrogen and oxygen atoms in total. The molecule has 0 saturated carbocycles. The summed E-state index contributed by atoms with van der Waals surface area (Å²) in [7, 11) is 1.37. The molecule has 28 heavy (non-hydrogen) atoms. The van der Waals surface area contributed by atoms with Gasteiger partial charge in [0.1, 0.15) is 23.1 Å². The second-order valence-corrected chi connectivity index (χ2v) is 6.35. The molecule has 10 heteroatoms. The van der Waals surface area contributed by atoms with Crippen LogP contribution in [0, 0.1) is 21.4 Å². The number of nitro groups is 1. The van der Waals surface area contributed by atoms with E-state index >= 15 is 0 Å². The number of anilines is 1. The fourth-order valence-electron chi connectivity index (χ4n) is 2.43. The van der Waals surface area contributed by atoms with Crippen LogP contribution in [-0.4, -0.2) is 24.7 Å². The van der Waals surface area contributed by atoms with Crippen LogP contribution in [0.15, 0.2) is 40.4 Å². The molecule has 0 saturated heterocycles. The van der Waals surface area contributed by atoms with E-state index in [1.54, 1.807) is 18.2 Å². The number of nitrogens with one attached hydrogen (secondary N) is 1. The minimum atomic E-state index is -0.791. The number of carbonyl (C=O) groups is 1. The summed E-state index contributed by atoms with van der Waals surface area (Å²) < 4.78 is 16.1. The number of rotatable bonds is 5. The highest BCUT2D eigenvalue weighted by Gasteiger charge is 2.20. The Bertz CT molecular complexity index is 1040. The highest BCUT2D eigenvalue weighted by molar-refractivity contribution is 9.10. The van der Waals surface area contributed by atoms with Crippen LogP contribution in [0.1, 0.15) is 5.56 Å². The van der Waals surface area contributed by atoms with Crippen LogP contribution >= 0.6 is 15.9 Å². The topological polar surface area (TPSA) is 124 Å². The number of halogens is 1. The van der Waals surface area contributed by atoms with Crippen molar-refractivity contribution >= 4 is 39.3 Å². The quantitative estimate of drug-likeness (QED) is 0.322. The van der Waals surface area contributed by atoms with Gasteiger partial charge in [-0.1, -0.05) is 15.9 Å². The van der Waals surface area contributed by atoms with E-state index in [0.717, 1.165) is 0 Å². The van der Waals surface area contributed by atoms with Crippen LogP contribution in [0.5, 0.6) is 17.2 Å². The molecule has 2 aromatic rings. The van der Waals surface area contributed by atoms with E-state index in [9.17, 15) is 20.2 Å². The van der Waals surface area contributed by atoms with Crippen molar-refractivity contribution in [3.63, 3.8) is 0 Å². The largest absolute Gasteiger partial charge is 0.496 e. The smallest absolute Gasteiger partial charge is 0.296 e. The Morgan fingerprint density at radius 2 is 2.07 bits per heavy atom. The van der Waals surface area contributed by atoms with Crippen LogP contribution in [0.2, 0.25) is 0 Å². The molecule has 0 unspecified atom stereocenters. The maximum Gasteiger partial charge on any atom is 0.296 e. The molecule has 1 N–H and O–H groups in total. The Morgan fingerprint density at radius 3 is 2.71 bits per heavy atom. The van der Waals surface area contributed by atoms with Crippen molar-refractivity contribution in [1.82, 2.24) is 0 Å². The standard InChI is InChI=1S/C18H12BrN3O6/c1-26-12-2-3-14(15(6-12)22(24)25)21-18(23)11(8-20)4-10-5-16-17(7-13(10)19)28-9-27-16/h2-7H,9H2,1H3,(H,21,23)/b11-4+. The fourth-order valence-corrected chi connectivity index (χ4v) is 2.87. The van der Waals surface area contributed by atoms with Gasteiger partial charge < -0.3 is 19.5 Å². The molecule has 0 aliphatic carbocycles. The summed E-state index contributed by atoms with van der Waals surface area (Å²) in [6.07, 6.45) is 1.34. The van der Waals surface area contributed by atoms with Gasteiger partial charge in [-0.3, -0.25) is 14.9 Å². The summed E-state index contributed by atoms with van der Waals surface area (Å²) in [6, 6.07) is 9.06. The average molecular weight is 446 g/mol. The van der Waals surface area contributed by atoms with E-state index < -0.39 is 10.8 Å². The lowest BCUT2D eigenvalue weighted by atomic mass is 10.1. The number of methoxy groups -OCH3 is 1. The molecular weight excluding hydrogens is 434 g/mol. The van der Waals surface area contributed by atoms with Crippen LogP contribution in [0.25, 0.3) is 6.08 Å². The first-order chi connectivity index (χ1) is 13.4. The number of amides is 1. The molecule has 0 atom stereocenters. The van der Waals surface area contributed by atoms with Crippen molar-refractivity contribution in [2.24, 2.45) is 0 Å². The Morgan fingerprint density at radius 1 is 1.36 bits per heavy atom. The fraction of sp³-hybridized carbons (Fsp3) is 0.111. The number of benzene rings is 2. The Hall–Kier alpha value is -3.58. The zero-order valence-electron chi connectivity index (χ0n) is 14.4. The first-order valence-electron chi connectivity index (χ1n) is 7.77. The molecule has 1 aliphatic heterocycles. The maximum absolute atomic E-state index is 12.5. The van der Waals surface area contributed by atoms with Gasteiger partial charge in [-0.05, 0) is 35.9 Å². The van der Waals surface area contributed by atoms with Crippen molar-refractivity contribution in [1.29, 1.82) is 5.26 Å². The summed E-state index contributed by atoms with van der Waals surface area (Å²) in [5.74, 6) is 0.504. The molecule has 1 heterocycles. The lowest BCUT2D eigenvalue weighted by Crippen LogP contribution is -2.14. The van der Waals surface area contributed by atoms with Gasteiger partial charge in [-0.15, -0.1) is 0 Å². The predicted octanol–water partition coefficient (Wildman–Crippen LogP) is 3.64. The Balaban J connectivity index is 1.90. The van der Waals surface area contributed by atoms with Crippen molar-refractivity contribution in [2.45, 2.75) is 0 Å². The van der Waals surface area contributed by atoms with Gasteiger partial charge in [0.25, 0.3) is 11.6 Å². The van der Waals surface area contributed by atoms with Gasteiger partial charge in [0, 0.05) is 4.47 Å². The van der Waals surface area contributed by atoms with Gasteiger partial charge in [0.2, 0.25) is 6.79 Å². The van der Waals surface area contributed by atoms with Crippen molar-refractivity contribution in [2.75, 3.05) is 19.2 Å². The zero-order chi connectivity index (χ0) is 20.3. The summed E-state index contributed by atoms with van der Waals surface area (Å²) in [4.78, 5) is 23.1. The van der Waals surface area contributed by atoms with Gasteiger partial charge in [-0.25, -0.2) is 0 Å². The van der Waals surface area contributed by atoms with Gasteiger partial charge >= 0.3 is 0 Å². The molecule has 0 radical (unpaired) electrons. The molecule has 0 bridgehead atoms. The van der Waals surface area contributed by atoms with Crippen LogP contribution in [-0.2, 0) is 4.79 Å². The number of nitrogens with zero attached hydrogens (tertiary/aromatic N) is 2. The highest BCUT2D eigenvalue weighted by atomic mass is 79.9. The number of hydrogen-bond acceptors (Lipinski definition) is 7. The van der Waals surface area contributed by atoms with Crippen LogP contribution < -0.4 is 19.5 Å². The number of nitro benzene ring substituents is 1. The average Bonchev–Trinajstić information content (AvgIpc) is 3.13. The predicted molar refractivity (Wildman–Crippen MR) is 102 cm³/mol. The molecule has 0 aromatic heterocycles. The molecule has 1 amide bonds. The van der Waals surface area contributed by atoms with E-state index in [1.807, 2.05) is 0 Å². The third-order valence-corrected chi connectivity index (χ3v) is 4.49. The number of fused-ring (bicyclic) bond motifs is 1. The maximum atomic E-state index is 12.5. The van der Waals surface area contributed by atoms with Crippen molar-refractivity contribution in [3.05, 3.63) is 56.1 Å². The minimum absolute atomic E-state index is 0.0540. The molecule has 2 aromatic carbocycles. The molecule has 0 fully saturated rings. The SMILES string of the molecule is COc1ccc(NC(=O)/C(C#N)=C/c2cc3c(cc2Br)OCO3)c([N+](=O)[O-])c1. The Labute approximate surface area is 167 Å². The summed E-state index contributed by atoms with van der Waals surface area (Å²) in [5, 5.41) is 23.0. The second kappa shape index (κ2) is 7.98. The summed E-state index contributed by atoms with van der Waals surface area (Å²) >= 11 is 3.35. The first kappa shape index (κ1) is 19.2. The van der Waals surface area contributed by atoms with Crippen LogP contribution in [0.3, 0.4) is 0 Å². The zero-order valence-corrected chi connectivity index (χ0v) is 16.0. The summed E-state index contributed by atoms with van der Waals surface area (Å²) in [5.41, 5.74) is -0.138. The molecule has 1 aliphatic rings. The van der Waals surface area contributed by atoms with Gasteiger partial charge in [0.15, 0.2) is 11.5 Å². The van der Waals surface area contributed by atoms with Gasteiger partial charge in [0.05, 0.1) is 18.1 Å². The molecule has 3 rings (SSSR count). The molecular formula is C18H12BrN3O6. The lowest BCUT2D eigenvalue weighted by Gasteiger charge is -2.07. The first-order valence-corrected chi connectivity index (χ1v) is 8.57. The van der Waals surface area contributed by atoms with Crippen LogP contribution in [0.4, 0.5) is 11.4 Å². The van der Waals surface area contributed by atoms with Crippen molar-refractivity contribution in [3.8, 4) is 23.3 Å². The monoisotopic (exact) mass is 445 g/mol. The van der Waals surface area contributed by atoms with E-state index in [1.165, 1.54) is 31.4 Å². The normalized spacial score (nSPS) is 12.2. The number of nitriles is 1. The minimum Gasteiger partial charge on any atom is -0.496 e. The highest BCUT2D eigenvalue weighted by Crippen LogP contribution is 2.38. The number of hydrogen-bond donors (Lipinski definition) is 1. The number of carbonyl (C=O) groups excluding carboxylic acids is 1. The lowest BCUT2D eigenvalue weighted by molar-refractivity contribution is -0.384. The third-order valence-electron chi connectivity index (χ3n) is 3.81. The van der Waals surface area contributed by atoms with E-state index in [0.29, 0.717) is 21.5 Å².